The molecule has 1 heterocycles. The Bertz CT molecular complexity index is 413. The zero-order valence-electron chi connectivity index (χ0n) is 12.0. The van der Waals surface area contributed by atoms with Crippen molar-refractivity contribution < 1.29 is 9.22 Å². The maximum atomic E-state index is 12.1. The minimum Gasteiger partial charge on any atom is -0.407 e. The molecule has 0 aliphatic carbocycles. The third-order valence-electron chi connectivity index (χ3n) is 3.43. The Balaban J connectivity index is 2.78. The van der Waals surface area contributed by atoms with Gasteiger partial charge in [0.2, 0.25) is 5.78 Å². The smallest absolute Gasteiger partial charge is 0.227 e. The van der Waals surface area contributed by atoms with Crippen LogP contribution in [0.25, 0.3) is 0 Å². The van der Waals surface area contributed by atoms with E-state index in [9.17, 15) is 4.79 Å². The highest BCUT2D eigenvalue weighted by atomic mass is 28.4. The standard InChI is InChI=1S/C13H22N2O2Si/c1-10(17-18(5,6)13(2,3)4)11(16)12-14-8-7-9-15-12/h7-10H,1-6H3. The molecular weight excluding hydrogens is 244 g/mol. The van der Waals surface area contributed by atoms with Gasteiger partial charge < -0.3 is 4.43 Å². The van der Waals surface area contributed by atoms with Gasteiger partial charge in [0.05, 0.1) is 0 Å². The number of rotatable bonds is 4. The lowest BCUT2D eigenvalue weighted by molar-refractivity contribution is 0.0785. The molecule has 1 aromatic rings. The average Bonchev–Trinajstić information content (AvgIpc) is 2.27. The van der Waals surface area contributed by atoms with E-state index in [0.29, 0.717) is 0 Å². The number of ketones is 1. The summed E-state index contributed by atoms with van der Waals surface area (Å²) in [5.74, 6) is 0.0733. The van der Waals surface area contributed by atoms with Crippen molar-refractivity contribution in [1.29, 1.82) is 0 Å². The highest BCUT2D eigenvalue weighted by Gasteiger charge is 2.39. The Morgan fingerprint density at radius 1 is 1.28 bits per heavy atom. The molecular formula is C13H22N2O2Si. The first kappa shape index (κ1) is 15.0. The third-order valence-corrected chi connectivity index (χ3v) is 7.99. The number of nitrogens with zero attached hydrogens (tertiary/aromatic N) is 2. The van der Waals surface area contributed by atoms with E-state index in [-0.39, 0.29) is 16.6 Å². The maximum Gasteiger partial charge on any atom is 0.227 e. The van der Waals surface area contributed by atoms with Crippen LogP contribution in [0.1, 0.15) is 38.3 Å². The summed E-state index contributed by atoms with van der Waals surface area (Å²) in [6.07, 6.45) is 2.65. The molecule has 0 aromatic carbocycles. The summed E-state index contributed by atoms with van der Waals surface area (Å²) in [5, 5.41) is 0.0824. The molecule has 1 unspecified atom stereocenters. The highest BCUT2D eigenvalue weighted by Crippen LogP contribution is 2.37. The van der Waals surface area contributed by atoms with Crippen molar-refractivity contribution in [3.63, 3.8) is 0 Å². The second-order valence-electron chi connectivity index (χ2n) is 5.96. The van der Waals surface area contributed by atoms with E-state index in [1.807, 2.05) is 0 Å². The summed E-state index contributed by atoms with van der Waals surface area (Å²) < 4.78 is 6.03. The van der Waals surface area contributed by atoms with E-state index >= 15 is 0 Å². The van der Waals surface area contributed by atoms with Crippen LogP contribution in [-0.2, 0) is 4.43 Å². The lowest BCUT2D eigenvalue weighted by atomic mass is 10.2. The molecule has 0 saturated carbocycles. The van der Waals surface area contributed by atoms with Crippen molar-refractivity contribution in [2.75, 3.05) is 0 Å². The number of carbonyl (C=O) groups is 1. The molecule has 0 radical (unpaired) electrons. The van der Waals surface area contributed by atoms with Gasteiger partial charge in [0.1, 0.15) is 6.10 Å². The highest BCUT2D eigenvalue weighted by molar-refractivity contribution is 6.74. The minimum atomic E-state index is -1.94. The normalized spacial score (nSPS) is 14.3. The predicted octanol–water partition coefficient (Wildman–Crippen LogP) is 3.07. The molecule has 100 valence electrons. The van der Waals surface area contributed by atoms with Gasteiger partial charge in [-0.3, -0.25) is 4.79 Å². The van der Waals surface area contributed by atoms with Crippen LogP contribution in [0.3, 0.4) is 0 Å². The van der Waals surface area contributed by atoms with E-state index in [1.54, 1.807) is 25.4 Å². The molecule has 0 aliphatic rings. The van der Waals surface area contributed by atoms with Gasteiger partial charge in [-0.15, -0.1) is 0 Å². The lowest BCUT2D eigenvalue weighted by Crippen LogP contribution is -2.45. The van der Waals surface area contributed by atoms with Crippen LogP contribution in [0.2, 0.25) is 18.1 Å². The second-order valence-corrected chi connectivity index (χ2v) is 10.7. The van der Waals surface area contributed by atoms with Crippen LogP contribution in [0.15, 0.2) is 18.5 Å². The van der Waals surface area contributed by atoms with Gasteiger partial charge >= 0.3 is 0 Å². The molecule has 1 rings (SSSR count). The maximum absolute atomic E-state index is 12.1. The summed E-state index contributed by atoms with van der Waals surface area (Å²) in [6.45, 7) is 12.5. The van der Waals surface area contributed by atoms with Crippen LogP contribution in [0, 0.1) is 0 Å². The van der Waals surface area contributed by atoms with Crippen molar-refractivity contribution in [1.82, 2.24) is 9.97 Å². The number of aromatic nitrogens is 2. The molecule has 1 atom stereocenters. The number of Topliss-reactive ketones (excluding diaryl/α,β-unsaturated/α-hetero) is 1. The van der Waals surface area contributed by atoms with Gasteiger partial charge in [-0.25, -0.2) is 9.97 Å². The molecule has 1 aromatic heterocycles. The first-order valence-corrected chi connectivity index (χ1v) is 9.05. The molecule has 4 nitrogen and oxygen atoms in total. The van der Waals surface area contributed by atoms with Gasteiger partial charge in [-0.1, -0.05) is 20.8 Å². The van der Waals surface area contributed by atoms with Gasteiger partial charge in [0, 0.05) is 12.4 Å². The molecule has 18 heavy (non-hydrogen) atoms. The monoisotopic (exact) mass is 266 g/mol. The van der Waals surface area contributed by atoms with Gasteiger partial charge in [-0.05, 0) is 31.1 Å². The fourth-order valence-electron chi connectivity index (χ4n) is 1.28. The predicted molar refractivity (Wildman–Crippen MR) is 74.1 cm³/mol. The van der Waals surface area contributed by atoms with E-state index < -0.39 is 14.4 Å². The largest absolute Gasteiger partial charge is 0.407 e. The van der Waals surface area contributed by atoms with Gasteiger partial charge in [0.15, 0.2) is 14.1 Å². The second kappa shape index (κ2) is 5.28. The van der Waals surface area contributed by atoms with Crippen molar-refractivity contribution >= 4 is 14.1 Å². The van der Waals surface area contributed by atoms with Crippen molar-refractivity contribution in [2.45, 2.75) is 51.9 Å². The van der Waals surface area contributed by atoms with Gasteiger partial charge in [-0.2, -0.15) is 0 Å². The number of hydrogen-bond acceptors (Lipinski definition) is 4. The molecule has 0 bridgehead atoms. The SMILES string of the molecule is CC(O[Si](C)(C)C(C)(C)C)C(=O)c1ncccn1. The summed E-state index contributed by atoms with van der Waals surface area (Å²) in [7, 11) is -1.94. The van der Waals surface area contributed by atoms with Crippen molar-refractivity contribution in [3.05, 3.63) is 24.3 Å². The molecule has 5 heteroatoms. The first-order chi connectivity index (χ1) is 8.15. The molecule has 0 fully saturated rings. The Hall–Kier alpha value is -1.07. The lowest BCUT2D eigenvalue weighted by Gasteiger charge is -2.37. The average molecular weight is 266 g/mol. The van der Waals surface area contributed by atoms with Crippen LogP contribution in [0.5, 0.6) is 0 Å². The Morgan fingerprint density at radius 2 is 1.78 bits per heavy atom. The van der Waals surface area contributed by atoms with Crippen LogP contribution >= 0.6 is 0 Å². The summed E-state index contributed by atoms with van der Waals surface area (Å²) in [6, 6.07) is 1.69. The Kier molecular flexibility index (Phi) is 4.40. The van der Waals surface area contributed by atoms with Crippen molar-refractivity contribution in [3.8, 4) is 0 Å². The number of carbonyl (C=O) groups excluding carboxylic acids is 1. The van der Waals surface area contributed by atoms with Crippen LogP contribution in [0.4, 0.5) is 0 Å². The molecule has 0 spiro atoms. The minimum absolute atomic E-state index is 0.0824. The van der Waals surface area contributed by atoms with Crippen LogP contribution < -0.4 is 0 Å². The quantitative estimate of drug-likeness (QED) is 0.621. The van der Waals surface area contributed by atoms with Crippen LogP contribution in [-0.4, -0.2) is 30.2 Å². The summed E-state index contributed by atoms with van der Waals surface area (Å²) in [4.78, 5) is 20.1. The number of hydrogen-bond donors (Lipinski definition) is 0. The van der Waals surface area contributed by atoms with E-state index in [4.69, 9.17) is 4.43 Å². The zero-order chi connectivity index (χ0) is 14.0. The van der Waals surface area contributed by atoms with E-state index in [1.165, 1.54) is 0 Å². The van der Waals surface area contributed by atoms with E-state index in [0.717, 1.165) is 0 Å². The van der Waals surface area contributed by atoms with Gasteiger partial charge in [0.25, 0.3) is 0 Å². The molecule has 0 amide bonds. The zero-order valence-corrected chi connectivity index (χ0v) is 13.0. The third kappa shape index (κ3) is 3.46. The molecule has 0 saturated heterocycles. The van der Waals surface area contributed by atoms with E-state index in [2.05, 4.69) is 43.8 Å². The summed E-state index contributed by atoms with van der Waals surface area (Å²) in [5.41, 5.74) is 0. The molecule has 0 N–H and O–H groups in total. The fourth-order valence-corrected chi connectivity index (χ4v) is 2.62. The topological polar surface area (TPSA) is 52.1 Å². The molecule has 0 aliphatic heterocycles. The Morgan fingerprint density at radius 3 is 2.22 bits per heavy atom. The summed E-state index contributed by atoms with van der Waals surface area (Å²) >= 11 is 0. The fraction of sp³-hybridized carbons (Fsp3) is 0.615. The first-order valence-electron chi connectivity index (χ1n) is 6.14. The Labute approximate surface area is 110 Å². The van der Waals surface area contributed by atoms with Crippen molar-refractivity contribution in [2.24, 2.45) is 0 Å².